The molecule has 1 N–H and O–H groups in total. The molecular weight excluding hydrogens is 206 g/mol. The van der Waals surface area contributed by atoms with Crippen LogP contribution in [0.1, 0.15) is 39.5 Å². The van der Waals surface area contributed by atoms with E-state index in [9.17, 15) is 4.79 Å². The molecule has 16 heavy (non-hydrogen) atoms. The molecule has 0 fully saturated rings. The summed E-state index contributed by atoms with van der Waals surface area (Å²) in [6, 6.07) is -0.332. The van der Waals surface area contributed by atoms with Crippen LogP contribution in [0.2, 0.25) is 0 Å². The Balaban J connectivity index is 3.56. The molecule has 0 aromatic carbocycles. The molecule has 4 heteroatoms. The van der Waals surface area contributed by atoms with Gasteiger partial charge in [-0.2, -0.15) is 0 Å². The lowest BCUT2D eigenvalue weighted by Crippen LogP contribution is -2.41. The van der Waals surface area contributed by atoms with Gasteiger partial charge in [0.25, 0.3) is 0 Å². The summed E-state index contributed by atoms with van der Waals surface area (Å²) in [5.74, 6) is -0.254. The van der Waals surface area contributed by atoms with Crippen molar-refractivity contribution in [2.45, 2.75) is 45.6 Å². The van der Waals surface area contributed by atoms with Gasteiger partial charge < -0.3 is 14.8 Å². The highest BCUT2D eigenvalue weighted by atomic mass is 16.5. The van der Waals surface area contributed by atoms with Crippen molar-refractivity contribution >= 4 is 5.97 Å². The Kier molecular flexibility index (Phi) is 10.5. The molecule has 0 radical (unpaired) electrons. The van der Waals surface area contributed by atoms with E-state index >= 15 is 0 Å². The minimum atomic E-state index is -0.332. The van der Waals surface area contributed by atoms with E-state index in [1.807, 2.05) is 6.92 Å². The quantitative estimate of drug-likeness (QED) is 0.459. The van der Waals surface area contributed by atoms with Gasteiger partial charge in [-0.3, -0.25) is 4.79 Å². The van der Waals surface area contributed by atoms with E-state index in [-0.39, 0.29) is 12.0 Å². The summed E-state index contributed by atoms with van der Waals surface area (Å²) in [6.07, 6.45) is 4.73. The van der Waals surface area contributed by atoms with Gasteiger partial charge in [0.2, 0.25) is 0 Å². The Morgan fingerprint density at radius 1 is 1.25 bits per heavy atom. The smallest absolute Gasteiger partial charge is 0.325 e. The first-order chi connectivity index (χ1) is 7.76. The van der Waals surface area contributed by atoms with Gasteiger partial charge in [0.1, 0.15) is 6.04 Å². The molecule has 0 spiro atoms. The van der Waals surface area contributed by atoms with Crippen molar-refractivity contribution in [1.82, 2.24) is 5.32 Å². The molecule has 0 aromatic rings. The molecule has 0 bridgehead atoms. The second kappa shape index (κ2) is 10.9. The topological polar surface area (TPSA) is 47.6 Å². The summed E-state index contributed by atoms with van der Waals surface area (Å²) in [5.41, 5.74) is 0. The van der Waals surface area contributed by atoms with Crippen molar-refractivity contribution in [3.63, 3.8) is 0 Å². The van der Waals surface area contributed by atoms with Gasteiger partial charge in [-0.1, -0.05) is 33.1 Å². The van der Waals surface area contributed by atoms with E-state index < -0.39 is 0 Å². The van der Waals surface area contributed by atoms with E-state index in [1.54, 1.807) is 0 Å². The maximum atomic E-state index is 11.3. The van der Waals surface area contributed by atoms with Crippen molar-refractivity contribution in [3.8, 4) is 0 Å². The molecule has 0 heterocycles. The van der Waals surface area contributed by atoms with Crippen LogP contribution in [-0.2, 0) is 14.3 Å². The third-order valence-electron chi connectivity index (χ3n) is 2.36. The lowest BCUT2D eigenvalue weighted by atomic mass is 10.2. The Morgan fingerprint density at radius 2 is 2.00 bits per heavy atom. The first-order valence-corrected chi connectivity index (χ1v) is 6.15. The van der Waals surface area contributed by atoms with Gasteiger partial charge in [0, 0.05) is 6.61 Å². The highest BCUT2D eigenvalue weighted by molar-refractivity contribution is 5.75. The van der Waals surface area contributed by atoms with Crippen LogP contribution in [0.25, 0.3) is 0 Å². The molecule has 4 nitrogen and oxygen atoms in total. The van der Waals surface area contributed by atoms with Crippen molar-refractivity contribution in [3.05, 3.63) is 0 Å². The standard InChI is InChI=1S/C12H25NO3/c1-4-6-7-8-9-16-10-11(13-5-2)12(14)15-3/h11,13H,4-10H2,1-3H3. The normalized spacial score (nSPS) is 12.4. The zero-order chi connectivity index (χ0) is 12.2. The second-order valence-corrected chi connectivity index (χ2v) is 3.77. The van der Waals surface area contributed by atoms with E-state index in [4.69, 9.17) is 4.74 Å². The summed E-state index contributed by atoms with van der Waals surface area (Å²) in [6.45, 7) is 5.99. The van der Waals surface area contributed by atoms with Crippen molar-refractivity contribution < 1.29 is 14.3 Å². The average Bonchev–Trinajstić information content (AvgIpc) is 2.31. The first kappa shape index (κ1) is 15.4. The molecule has 0 aliphatic carbocycles. The number of likely N-dealkylation sites (N-methyl/N-ethyl adjacent to an activating group) is 1. The van der Waals surface area contributed by atoms with Crippen LogP contribution in [-0.4, -0.2) is 38.9 Å². The number of methoxy groups -OCH3 is 1. The molecular formula is C12H25NO3. The van der Waals surface area contributed by atoms with Gasteiger partial charge in [-0.25, -0.2) is 0 Å². The van der Waals surface area contributed by atoms with E-state index in [2.05, 4.69) is 17.0 Å². The van der Waals surface area contributed by atoms with Gasteiger partial charge in [-0.05, 0) is 13.0 Å². The van der Waals surface area contributed by atoms with Crippen LogP contribution in [0.3, 0.4) is 0 Å². The number of esters is 1. The molecule has 1 atom stereocenters. The summed E-state index contributed by atoms with van der Waals surface area (Å²) < 4.78 is 10.1. The highest BCUT2D eigenvalue weighted by Gasteiger charge is 2.17. The lowest BCUT2D eigenvalue weighted by molar-refractivity contribution is -0.144. The Bertz CT molecular complexity index is 174. The molecule has 0 aromatic heterocycles. The molecule has 0 saturated carbocycles. The van der Waals surface area contributed by atoms with Crippen LogP contribution in [0, 0.1) is 0 Å². The molecule has 0 rings (SSSR count). The van der Waals surface area contributed by atoms with E-state index in [1.165, 1.54) is 26.4 Å². The van der Waals surface area contributed by atoms with Crippen LogP contribution >= 0.6 is 0 Å². The number of hydrogen-bond acceptors (Lipinski definition) is 4. The predicted octanol–water partition coefficient (Wildman–Crippen LogP) is 1.73. The van der Waals surface area contributed by atoms with Gasteiger partial charge in [0.05, 0.1) is 13.7 Å². The number of ether oxygens (including phenoxy) is 2. The lowest BCUT2D eigenvalue weighted by Gasteiger charge is -2.15. The Labute approximate surface area is 98.7 Å². The second-order valence-electron chi connectivity index (χ2n) is 3.77. The fourth-order valence-corrected chi connectivity index (χ4v) is 1.43. The largest absolute Gasteiger partial charge is 0.468 e. The molecule has 0 aliphatic heterocycles. The molecule has 96 valence electrons. The molecule has 0 saturated heterocycles. The minimum absolute atomic E-state index is 0.254. The zero-order valence-electron chi connectivity index (χ0n) is 10.8. The fourth-order valence-electron chi connectivity index (χ4n) is 1.43. The SMILES string of the molecule is CCCCCCOCC(NCC)C(=O)OC. The van der Waals surface area contributed by atoms with Crippen molar-refractivity contribution in [2.75, 3.05) is 26.9 Å². The minimum Gasteiger partial charge on any atom is -0.468 e. The number of carbonyl (C=O) groups excluding carboxylic acids is 1. The maximum absolute atomic E-state index is 11.3. The number of unbranched alkanes of at least 4 members (excludes halogenated alkanes) is 3. The van der Waals surface area contributed by atoms with E-state index in [0.29, 0.717) is 6.61 Å². The Hall–Kier alpha value is -0.610. The summed E-state index contributed by atoms with van der Waals surface area (Å²) in [4.78, 5) is 11.3. The monoisotopic (exact) mass is 231 g/mol. The summed E-state index contributed by atoms with van der Waals surface area (Å²) in [7, 11) is 1.40. The van der Waals surface area contributed by atoms with Crippen molar-refractivity contribution in [1.29, 1.82) is 0 Å². The number of nitrogens with one attached hydrogen (secondary N) is 1. The first-order valence-electron chi connectivity index (χ1n) is 6.15. The molecule has 0 amide bonds. The van der Waals surface area contributed by atoms with Crippen LogP contribution in [0.4, 0.5) is 0 Å². The maximum Gasteiger partial charge on any atom is 0.325 e. The van der Waals surface area contributed by atoms with Gasteiger partial charge in [0.15, 0.2) is 0 Å². The summed E-state index contributed by atoms with van der Waals surface area (Å²) >= 11 is 0. The van der Waals surface area contributed by atoms with Gasteiger partial charge >= 0.3 is 5.97 Å². The third kappa shape index (κ3) is 7.65. The van der Waals surface area contributed by atoms with Crippen molar-refractivity contribution in [2.24, 2.45) is 0 Å². The van der Waals surface area contributed by atoms with Crippen LogP contribution in [0.5, 0.6) is 0 Å². The third-order valence-corrected chi connectivity index (χ3v) is 2.36. The number of carbonyl (C=O) groups is 1. The molecule has 1 unspecified atom stereocenters. The fraction of sp³-hybridized carbons (Fsp3) is 0.917. The Morgan fingerprint density at radius 3 is 2.56 bits per heavy atom. The van der Waals surface area contributed by atoms with Gasteiger partial charge in [-0.15, -0.1) is 0 Å². The number of rotatable bonds is 10. The van der Waals surface area contributed by atoms with Crippen LogP contribution in [0.15, 0.2) is 0 Å². The number of hydrogen-bond donors (Lipinski definition) is 1. The average molecular weight is 231 g/mol. The van der Waals surface area contributed by atoms with Crippen LogP contribution < -0.4 is 5.32 Å². The zero-order valence-corrected chi connectivity index (χ0v) is 10.8. The summed E-state index contributed by atoms with van der Waals surface area (Å²) in [5, 5.41) is 3.04. The predicted molar refractivity (Wildman–Crippen MR) is 64.4 cm³/mol. The van der Waals surface area contributed by atoms with E-state index in [0.717, 1.165) is 19.6 Å². The molecule has 0 aliphatic rings. The highest BCUT2D eigenvalue weighted by Crippen LogP contribution is 1.99.